The molecule has 4 N–H and O–H groups in total. The van der Waals surface area contributed by atoms with Crippen LogP contribution in [0.3, 0.4) is 0 Å². The molecule has 58 heavy (non-hydrogen) atoms. The van der Waals surface area contributed by atoms with Gasteiger partial charge in [0.25, 0.3) is 0 Å². The Hall–Kier alpha value is -1.52. The lowest BCUT2D eigenvalue weighted by molar-refractivity contribution is -0.147. The van der Waals surface area contributed by atoms with Gasteiger partial charge in [0, 0.05) is 12.8 Å². The molecular weight excluding hydrogens is 757 g/mol. The number of carboxylic acids is 1. The lowest BCUT2D eigenvalue weighted by Crippen LogP contribution is -2.43. The van der Waals surface area contributed by atoms with Crippen LogP contribution in [0.5, 0.6) is 0 Å². The maximum atomic E-state index is 12.3. The summed E-state index contributed by atoms with van der Waals surface area (Å²) in [5.41, 5.74) is 0. The van der Waals surface area contributed by atoms with E-state index in [1.807, 2.05) is 0 Å². The van der Waals surface area contributed by atoms with E-state index in [1.165, 1.54) is 167 Å². The number of phosphoric ester groups is 1. The van der Waals surface area contributed by atoms with Gasteiger partial charge in [-0.25, -0.2) is 9.36 Å². The molecule has 0 saturated carbocycles. The second kappa shape index (κ2) is 42.2. The fourth-order valence-electron chi connectivity index (χ4n) is 7.14. The summed E-state index contributed by atoms with van der Waals surface area (Å²) in [6.45, 7) is 2.62. The monoisotopic (exact) mass is 848 g/mol. The zero-order valence-corrected chi connectivity index (χ0v) is 38.3. The standard InChI is InChI=1S/C46H90NO10P/c1-3-5-7-9-11-13-15-17-18-19-20-21-22-23-24-25-26-28-30-32-34-36-38-45(50)55-39-42(48)40-56-58(53,54)57-41-43(46(51)52)47-44(49)37-35-33-31-29-27-16-14-12-10-8-6-4-2/h42-43,48H,3-41H2,1-2H3,(H,47,49)(H,51,52)(H,53,54). The number of hydrogen-bond donors (Lipinski definition) is 4. The maximum absolute atomic E-state index is 12.3. The van der Waals surface area contributed by atoms with Crippen LogP contribution in [0.25, 0.3) is 0 Å². The molecule has 0 aromatic carbocycles. The van der Waals surface area contributed by atoms with Crippen LogP contribution in [0.1, 0.15) is 245 Å². The van der Waals surface area contributed by atoms with Crippen LogP contribution in [0, 0.1) is 0 Å². The van der Waals surface area contributed by atoms with Crippen molar-refractivity contribution >= 4 is 25.7 Å². The van der Waals surface area contributed by atoms with Gasteiger partial charge >= 0.3 is 19.8 Å². The van der Waals surface area contributed by atoms with Crippen LogP contribution in [0.2, 0.25) is 0 Å². The van der Waals surface area contributed by atoms with Crippen molar-refractivity contribution in [3.63, 3.8) is 0 Å². The number of amides is 1. The molecule has 0 aliphatic heterocycles. The Morgan fingerprint density at radius 3 is 1.14 bits per heavy atom. The van der Waals surface area contributed by atoms with Gasteiger partial charge in [-0.3, -0.25) is 18.6 Å². The number of ether oxygens (including phenoxy) is 1. The summed E-state index contributed by atoms with van der Waals surface area (Å²) in [5, 5.41) is 21.8. The van der Waals surface area contributed by atoms with Crippen molar-refractivity contribution in [3.05, 3.63) is 0 Å². The number of carboxylic acid groups (broad SMARTS) is 1. The lowest BCUT2D eigenvalue weighted by atomic mass is 10.0. The predicted octanol–water partition coefficient (Wildman–Crippen LogP) is 12.7. The Bertz CT molecular complexity index is 1000. The zero-order valence-electron chi connectivity index (χ0n) is 37.4. The average molecular weight is 848 g/mol. The van der Waals surface area contributed by atoms with Gasteiger partial charge < -0.3 is 25.2 Å². The Balaban J connectivity index is 3.76. The summed E-state index contributed by atoms with van der Waals surface area (Å²) in [5.74, 6) is -2.35. The van der Waals surface area contributed by atoms with E-state index in [9.17, 15) is 34.1 Å². The first-order chi connectivity index (χ1) is 28.1. The topological polar surface area (TPSA) is 169 Å². The third kappa shape index (κ3) is 41.2. The van der Waals surface area contributed by atoms with E-state index in [0.29, 0.717) is 12.8 Å². The number of hydrogen-bond acceptors (Lipinski definition) is 8. The summed E-state index contributed by atoms with van der Waals surface area (Å²) in [6, 6.07) is -1.54. The minimum absolute atomic E-state index is 0.152. The molecule has 0 bridgehead atoms. The summed E-state index contributed by atoms with van der Waals surface area (Å²) < 4.78 is 26.9. The van der Waals surface area contributed by atoms with Crippen LogP contribution >= 0.6 is 7.82 Å². The van der Waals surface area contributed by atoms with Crippen molar-refractivity contribution < 1.29 is 47.8 Å². The van der Waals surface area contributed by atoms with Crippen molar-refractivity contribution in [1.29, 1.82) is 0 Å². The van der Waals surface area contributed by atoms with Crippen LogP contribution in [0.4, 0.5) is 0 Å². The van der Waals surface area contributed by atoms with Crippen molar-refractivity contribution in [3.8, 4) is 0 Å². The average Bonchev–Trinajstić information content (AvgIpc) is 3.20. The Morgan fingerprint density at radius 2 is 0.793 bits per heavy atom. The SMILES string of the molecule is CCCCCCCCCCCCCCCCCCCCCCCCC(=O)OCC(O)COP(=O)(O)OCC(NC(=O)CCCCCCCCCCCCCC)C(=O)O. The molecule has 0 aliphatic carbocycles. The predicted molar refractivity (Wildman–Crippen MR) is 236 cm³/mol. The number of aliphatic hydroxyl groups excluding tert-OH is 1. The van der Waals surface area contributed by atoms with E-state index in [-0.39, 0.29) is 12.8 Å². The van der Waals surface area contributed by atoms with Gasteiger partial charge in [0.15, 0.2) is 6.04 Å². The van der Waals surface area contributed by atoms with Crippen molar-refractivity contribution in [2.24, 2.45) is 0 Å². The highest BCUT2D eigenvalue weighted by molar-refractivity contribution is 7.47. The Kier molecular flexibility index (Phi) is 41.1. The molecule has 0 aromatic heterocycles. The van der Waals surface area contributed by atoms with Gasteiger partial charge in [-0.1, -0.05) is 219 Å². The Labute approximate surface area is 354 Å². The first-order valence-corrected chi connectivity index (χ1v) is 25.6. The molecule has 3 atom stereocenters. The molecule has 3 unspecified atom stereocenters. The number of esters is 1. The molecular formula is C46H90NO10P. The molecule has 12 heteroatoms. The minimum Gasteiger partial charge on any atom is -0.480 e. The zero-order chi connectivity index (χ0) is 42.8. The molecule has 0 aliphatic rings. The fraction of sp³-hybridized carbons (Fsp3) is 0.935. The highest BCUT2D eigenvalue weighted by atomic mass is 31.2. The quantitative estimate of drug-likeness (QED) is 0.0263. The smallest absolute Gasteiger partial charge is 0.472 e. The van der Waals surface area contributed by atoms with Crippen LogP contribution in [-0.4, -0.2) is 64.9 Å². The molecule has 0 radical (unpaired) electrons. The van der Waals surface area contributed by atoms with Crippen LogP contribution < -0.4 is 5.32 Å². The minimum atomic E-state index is -4.75. The summed E-state index contributed by atoms with van der Waals surface area (Å²) in [6.07, 6.45) is 41.4. The number of rotatable bonds is 46. The number of phosphoric acid groups is 1. The molecule has 0 spiro atoms. The normalized spacial score (nSPS) is 13.6. The second-order valence-corrected chi connectivity index (χ2v) is 18.1. The third-order valence-electron chi connectivity index (χ3n) is 10.9. The van der Waals surface area contributed by atoms with E-state index >= 15 is 0 Å². The van der Waals surface area contributed by atoms with Gasteiger partial charge in [-0.05, 0) is 12.8 Å². The number of aliphatic hydroxyl groups is 1. The number of aliphatic carboxylic acids is 1. The number of nitrogens with one attached hydrogen (secondary N) is 1. The highest BCUT2D eigenvalue weighted by Gasteiger charge is 2.28. The largest absolute Gasteiger partial charge is 0.480 e. The van der Waals surface area contributed by atoms with Crippen LogP contribution in [-0.2, 0) is 32.7 Å². The summed E-state index contributed by atoms with van der Waals surface area (Å²) in [4.78, 5) is 45.9. The van der Waals surface area contributed by atoms with E-state index in [0.717, 1.165) is 38.5 Å². The molecule has 0 aromatic rings. The molecule has 1 amide bonds. The third-order valence-corrected chi connectivity index (χ3v) is 11.8. The molecule has 0 saturated heterocycles. The van der Waals surface area contributed by atoms with Crippen molar-refractivity contribution in [2.45, 2.75) is 257 Å². The molecule has 0 rings (SSSR count). The highest BCUT2D eigenvalue weighted by Crippen LogP contribution is 2.43. The van der Waals surface area contributed by atoms with Gasteiger partial charge in [0.2, 0.25) is 5.91 Å². The van der Waals surface area contributed by atoms with E-state index in [1.54, 1.807) is 0 Å². The first kappa shape index (κ1) is 56.5. The van der Waals surface area contributed by atoms with E-state index < -0.39 is 57.6 Å². The van der Waals surface area contributed by atoms with E-state index in [2.05, 4.69) is 19.2 Å². The van der Waals surface area contributed by atoms with Crippen LogP contribution in [0.15, 0.2) is 0 Å². The summed E-state index contributed by atoms with van der Waals surface area (Å²) >= 11 is 0. The van der Waals surface area contributed by atoms with Crippen molar-refractivity contribution in [2.75, 3.05) is 19.8 Å². The second-order valence-electron chi connectivity index (χ2n) is 16.7. The van der Waals surface area contributed by atoms with Gasteiger partial charge in [0.05, 0.1) is 13.2 Å². The maximum Gasteiger partial charge on any atom is 0.472 e. The number of unbranched alkanes of at least 4 members (excludes halogenated alkanes) is 32. The van der Waals surface area contributed by atoms with Gasteiger partial charge in [-0.2, -0.15) is 0 Å². The number of carbonyl (C=O) groups excluding carboxylic acids is 2. The number of carbonyl (C=O) groups is 3. The van der Waals surface area contributed by atoms with E-state index in [4.69, 9.17) is 13.8 Å². The fourth-order valence-corrected chi connectivity index (χ4v) is 7.91. The van der Waals surface area contributed by atoms with Gasteiger partial charge in [0.1, 0.15) is 12.7 Å². The summed E-state index contributed by atoms with van der Waals surface area (Å²) in [7, 11) is -4.75. The first-order valence-electron chi connectivity index (χ1n) is 24.1. The van der Waals surface area contributed by atoms with Crippen molar-refractivity contribution in [1.82, 2.24) is 5.32 Å². The molecule has 11 nitrogen and oxygen atoms in total. The molecule has 344 valence electrons. The van der Waals surface area contributed by atoms with Gasteiger partial charge in [-0.15, -0.1) is 0 Å². The molecule has 0 heterocycles. The Morgan fingerprint density at radius 1 is 0.483 bits per heavy atom. The molecule has 0 fully saturated rings. The lowest BCUT2D eigenvalue weighted by Gasteiger charge is -2.18.